The number of carbonyl (C=O) groups excluding carboxylic acids is 1. The quantitative estimate of drug-likeness (QED) is 0.879. The molecule has 1 aliphatic rings. The second kappa shape index (κ2) is 5.59. The van der Waals surface area contributed by atoms with Crippen LogP contribution in [0, 0.1) is 0 Å². The number of carbonyl (C=O) groups is 1. The molecule has 0 aromatic heterocycles. The van der Waals surface area contributed by atoms with Gasteiger partial charge >= 0.3 is 0 Å². The van der Waals surface area contributed by atoms with Gasteiger partial charge in [-0.3, -0.25) is 4.79 Å². The Morgan fingerprint density at radius 3 is 2.75 bits per heavy atom. The van der Waals surface area contributed by atoms with Gasteiger partial charge < -0.3 is 10.1 Å². The molecule has 20 heavy (non-hydrogen) atoms. The summed E-state index contributed by atoms with van der Waals surface area (Å²) in [5, 5.41) is 2.95. The Balaban J connectivity index is 1.72. The number of thioether (sulfide) groups is 1. The topological polar surface area (TPSA) is 38.3 Å². The summed E-state index contributed by atoms with van der Waals surface area (Å²) in [4.78, 5) is 13.4. The van der Waals surface area contributed by atoms with Gasteiger partial charge in [-0.05, 0) is 30.0 Å². The zero-order valence-electron chi connectivity index (χ0n) is 11.1. The Morgan fingerprint density at radius 1 is 1.20 bits per heavy atom. The van der Waals surface area contributed by atoms with Crippen LogP contribution in [0.4, 0.5) is 5.69 Å². The van der Waals surface area contributed by atoms with E-state index < -0.39 is 6.10 Å². The Labute approximate surface area is 122 Å². The van der Waals surface area contributed by atoms with Crippen molar-refractivity contribution in [1.29, 1.82) is 0 Å². The molecule has 102 valence electrons. The number of rotatable bonds is 3. The van der Waals surface area contributed by atoms with Crippen LogP contribution in [0.2, 0.25) is 0 Å². The third-order valence-corrected chi connectivity index (χ3v) is 4.10. The predicted octanol–water partition coefficient (Wildman–Crippen LogP) is 3.35. The highest BCUT2D eigenvalue weighted by Gasteiger charge is 2.28. The Hall–Kier alpha value is -1.94. The van der Waals surface area contributed by atoms with E-state index in [2.05, 4.69) is 5.32 Å². The standard InChI is InChI=1S/C16H15NO2S/c1-20-15-9-5-3-7-12(15)17-16(18)14-10-11-6-2-4-8-13(11)19-14/h2-9,14H,10H2,1H3,(H,17,18)/t14-/m0/s1. The number of amides is 1. The molecular weight excluding hydrogens is 270 g/mol. The van der Waals surface area contributed by atoms with Gasteiger partial charge in [-0.2, -0.15) is 0 Å². The largest absolute Gasteiger partial charge is 0.480 e. The highest BCUT2D eigenvalue weighted by atomic mass is 32.2. The average Bonchev–Trinajstić information content (AvgIpc) is 2.92. The molecule has 0 bridgehead atoms. The minimum absolute atomic E-state index is 0.0947. The number of benzene rings is 2. The first-order valence-corrected chi connectivity index (χ1v) is 7.69. The summed E-state index contributed by atoms with van der Waals surface area (Å²) >= 11 is 1.61. The highest BCUT2D eigenvalue weighted by Crippen LogP contribution is 2.30. The van der Waals surface area contributed by atoms with Crippen LogP contribution < -0.4 is 10.1 Å². The van der Waals surface area contributed by atoms with Gasteiger partial charge in [0, 0.05) is 11.3 Å². The molecule has 1 heterocycles. The lowest BCUT2D eigenvalue weighted by molar-refractivity contribution is -0.122. The first kappa shape index (κ1) is 13.1. The fourth-order valence-electron chi connectivity index (χ4n) is 2.29. The molecule has 2 aromatic rings. The van der Waals surface area contributed by atoms with Gasteiger partial charge in [-0.25, -0.2) is 0 Å². The fraction of sp³-hybridized carbons (Fsp3) is 0.188. The van der Waals surface area contributed by atoms with E-state index in [9.17, 15) is 4.79 Å². The third-order valence-electron chi connectivity index (χ3n) is 3.30. The van der Waals surface area contributed by atoms with Crippen molar-refractivity contribution in [3.8, 4) is 5.75 Å². The van der Waals surface area contributed by atoms with Crippen LogP contribution in [0.15, 0.2) is 53.4 Å². The van der Waals surface area contributed by atoms with Crippen LogP contribution in [-0.2, 0) is 11.2 Å². The van der Waals surface area contributed by atoms with Crippen LogP contribution in [0.5, 0.6) is 5.75 Å². The molecule has 0 fully saturated rings. The molecule has 2 aromatic carbocycles. The van der Waals surface area contributed by atoms with Gasteiger partial charge in [-0.1, -0.05) is 30.3 Å². The molecule has 0 spiro atoms. The Morgan fingerprint density at radius 2 is 1.95 bits per heavy atom. The maximum atomic E-state index is 12.3. The zero-order chi connectivity index (χ0) is 13.9. The van der Waals surface area contributed by atoms with E-state index in [0.29, 0.717) is 6.42 Å². The molecule has 1 N–H and O–H groups in total. The van der Waals surface area contributed by atoms with Crippen molar-refractivity contribution in [2.45, 2.75) is 17.4 Å². The van der Waals surface area contributed by atoms with Gasteiger partial charge in [-0.15, -0.1) is 11.8 Å². The molecule has 1 atom stereocenters. The molecule has 1 amide bonds. The van der Waals surface area contributed by atoms with Crippen LogP contribution in [0.25, 0.3) is 0 Å². The molecular formula is C16H15NO2S. The van der Waals surface area contributed by atoms with E-state index in [4.69, 9.17) is 4.74 Å². The van der Waals surface area contributed by atoms with Crippen molar-refractivity contribution in [2.75, 3.05) is 11.6 Å². The summed E-state index contributed by atoms with van der Waals surface area (Å²) in [5.74, 6) is 0.716. The lowest BCUT2D eigenvalue weighted by atomic mass is 10.1. The van der Waals surface area contributed by atoms with E-state index in [-0.39, 0.29) is 5.91 Å². The van der Waals surface area contributed by atoms with E-state index in [1.807, 2.05) is 54.8 Å². The Bertz CT molecular complexity index is 617. The normalized spacial score (nSPS) is 16.4. The number of para-hydroxylation sites is 2. The van der Waals surface area contributed by atoms with Gasteiger partial charge in [0.05, 0.1) is 5.69 Å². The third kappa shape index (κ3) is 2.51. The van der Waals surface area contributed by atoms with Crippen molar-refractivity contribution in [3.05, 3.63) is 54.1 Å². The predicted molar refractivity (Wildman–Crippen MR) is 81.4 cm³/mol. The molecule has 0 unspecified atom stereocenters. The zero-order valence-corrected chi connectivity index (χ0v) is 11.9. The van der Waals surface area contributed by atoms with Gasteiger partial charge in [0.2, 0.25) is 0 Å². The van der Waals surface area contributed by atoms with E-state index in [1.165, 1.54) is 0 Å². The second-order valence-electron chi connectivity index (χ2n) is 4.61. The van der Waals surface area contributed by atoms with E-state index in [1.54, 1.807) is 11.8 Å². The van der Waals surface area contributed by atoms with Crippen molar-refractivity contribution in [3.63, 3.8) is 0 Å². The van der Waals surface area contributed by atoms with Crippen LogP contribution in [-0.4, -0.2) is 18.3 Å². The SMILES string of the molecule is CSc1ccccc1NC(=O)[C@@H]1Cc2ccccc2O1. The maximum Gasteiger partial charge on any atom is 0.265 e. The lowest BCUT2D eigenvalue weighted by Crippen LogP contribution is -2.31. The van der Waals surface area contributed by atoms with Crippen molar-refractivity contribution < 1.29 is 9.53 Å². The van der Waals surface area contributed by atoms with Gasteiger partial charge in [0.1, 0.15) is 5.75 Å². The average molecular weight is 285 g/mol. The van der Waals surface area contributed by atoms with Gasteiger partial charge in [0.25, 0.3) is 5.91 Å². The minimum atomic E-state index is -0.442. The second-order valence-corrected chi connectivity index (χ2v) is 5.46. The number of nitrogens with one attached hydrogen (secondary N) is 1. The van der Waals surface area contributed by atoms with Crippen LogP contribution in [0.3, 0.4) is 0 Å². The lowest BCUT2D eigenvalue weighted by Gasteiger charge is -2.13. The van der Waals surface area contributed by atoms with E-state index in [0.717, 1.165) is 21.9 Å². The summed E-state index contributed by atoms with van der Waals surface area (Å²) in [6.45, 7) is 0. The molecule has 0 radical (unpaired) electrons. The molecule has 0 aliphatic carbocycles. The highest BCUT2D eigenvalue weighted by molar-refractivity contribution is 7.98. The molecule has 1 aliphatic heterocycles. The summed E-state index contributed by atoms with van der Waals surface area (Å²) in [6, 6.07) is 15.6. The summed E-state index contributed by atoms with van der Waals surface area (Å²) in [6.07, 6.45) is 2.18. The number of ether oxygens (including phenoxy) is 1. The minimum Gasteiger partial charge on any atom is -0.480 e. The fourth-order valence-corrected chi connectivity index (χ4v) is 2.84. The maximum absolute atomic E-state index is 12.3. The molecule has 4 heteroatoms. The number of hydrogen-bond donors (Lipinski definition) is 1. The van der Waals surface area contributed by atoms with Gasteiger partial charge in [0.15, 0.2) is 6.10 Å². The number of fused-ring (bicyclic) bond motifs is 1. The van der Waals surface area contributed by atoms with Crippen LogP contribution in [0.1, 0.15) is 5.56 Å². The molecule has 0 saturated carbocycles. The van der Waals surface area contributed by atoms with E-state index >= 15 is 0 Å². The number of hydrogen-bond acceptors (Lipinski definition) is 3. The monoisotopic (exact) mass is 285 g/mol. The molecule has 3 rings (SSSR count). The smallest absolute Gasteiger partial charge is 0.265 e. The summed E-state index contributed by atoms with van der Waals surface area (Å²) in [7, 11) is 0. The van der Waals surface area contributed by atoms with Crippen molar-refractivity contribution >= 4 is 23.4 Å². The molecule has 0 saturated heterocycles. The Kier molecular flexibility index (Phi) is 3.65. The summed E-state index contributed by atoms with van der Waals surface area (Å²) < 4.78 is 5.70. The molecule has 3 nitrogen and oxygen atoms in total. The first-order chi connectivity index (χ1) is 9.78. The first-order valence-electron chi connectivity index (χ1n) is 6.46. The van der Waals surface area contributed by atoms with Crippen molar-refractivity contribution in [1.82, 2.24) is 0 Å². The summed E-state index contributed by atoms with van der Waals surface area (Å²) in [5.41, 5.74) is 1.93. The number of anilines is 1. The van der Waals surface area contributed by atoms with Crippen molar-refractivity contribution in [2.24, 2.45) is 0 Å². The van der Waals surface area contributed by atoms with Crippen LogP contribution >= 0.6 is 11.8 Å².